The molecular formula is C12H17N3O5. The number of carboxylic acids is 1. The minimum Gasteiger partial charge on any atom is -0.480 e. The van der Waals surface area contributed by atoms with Gasteiger partial charge in [-0.05, 0) is 6.42 Å². The van der Waals surface area contributed by atoms with Crippen molar-refractivity contribution in [2.75, 3.05) is 27.3 Å². The molecule has 8 nitrogen and oxygen atoms in total. The summed E-state index contributed by atoms with van der Waals surface area (Å²) in [6.07, 6.45) is 1.83. The maximum Gasteiger partial charge on any atom is 0.323 e. The van der Waals surface area contributed by atoms with Gasteiger partial charge in [0.2, 0.25) is 11.8 Å². The van der Waals surface area contributed by atoms with Crippen LogP contribution in [-0.4, -0.2) is 59.2 Å². The van der Waals surface area contributed by atoms with Crippen molar-refractivity contribution in [2.45, 2.75) is 13.3 Å². The van der Waals surface area contributed by atoms with Crippen molar-refractivity contribution in [2.24, 2.45) is 0 Å². The van der Waals surface area contributed by atoms with Crippen molar-refractivity contribution in [1.29, 1.82) is 0 Å². The number of ether oxygens (including phenoxy) is 2. The molecule has 1 rings (SSSR count). The number of carbonyl (C=O) groups excluding carboxylic acids is 1. The van der Waals surface area contributed by atoms with Crippen molar-refractivity contribution in [3.63, 3.8) is 0 Å². The first-order chi connectivity index (χ1) is 9.54. The third-order valence-electron chi connectivity index (χ3n) is 2.49. The van der Waals surface area contributed by atoms with Crippen LogP contribution in [0.4, 0.5) is 0 Å². The third kappa shape index (κ3) is 3.56. The second-order valence-corrected chi connectivity index (χ2v) is 3.89. The summed E-state index contributed by atoms with van der Waals surface area (Å²) in [6.45, 7) is 1.73. The lowest BCUT2D eigenvalue weighted by Crippen LogP contribution is -2.36. The Bertz CT molecular complexity index is 470. The lowest BCUT2D eigenvalue weighted by atomic mass is 10.2. The van der Waals surface area contributed by atoms with E-state index >= 15 is 0 Å². The Morgan fingerprint density at radius 2 is 1.80 bits per heavy atom. The van der Waals surface area contributed by atoms with Crippen molar-refractivity contribution in [3.05, 3.63) is 11.9 Å². The minimum absolute atomic E-state index is 0.0206. The summed E-state index contributed by atoms with van der Waals surface area (Å²) >= 11 is 0. The SMILES string of the molecule is CCCN(CC(=O)O)C(=O)c1c(OC)ncnc1OC. The Balaban J connectivity index is 3.19. The summed E-state index contributed by atoms with van der Waals surface area (Å²) in [4.78, 5) is 32.2. The molecule has 0 atom stereocenters. The zero-order chi connectivity index (χ0) is 15.1. The van der Waals surface area contributed by atoms with Gasteiger partial charge >= 0.3 is 5.97 Å². The van der Waals surface area contributed by atoms with Crippen molar-refractivity contribution >= 4 is 11.9 Å². The predicted octanol–water partition coefficient (Wildman–Crippen LogP) is 0.431. The van der Waals surface area contributed by atoms with E-state index in [9.17, 15) is 9.59 Å². The van der Waals surface area contributed by atoms with Gasteiger partial charge in [-0.25, -0.2) is 9.97 Å². The summed E-state index contributed by atoms with van der Waals surface area (Å²) in [5.74, 6) is -1.54. The first-order valence-electron chi connectivity index (χ1n) is 5.99. The van der Waals surface area contributed by atoms with Crippen LogP contribution < -0.4 is 9.47 Å². The number of aromatic nitrogens is 2. The van der Waals surface area contributed by atoms with Gasteiger partial charge in [0.1, 0.15) is 12.9 Å². The lowest BCUT2D eigenvalue weighted by Gasteiger charge is -2.21. The lowest BCUT2D eigenvalue weighted by molar-refractivity contribution is -0.137. The van der Waals surface area contributed by atoms with Crippen molar-refractivity contribution < 1.29 is 24.2 Å². The molecule has 0 aromatic carbocycles. The van der Waals surface area contributed by atoms with Crippen LogP contribution in [0.15, 0.2) is 6.33 Å². The van der Waals surface area contributed by atoms with Crippen LogP contribution in [0.25, 0.3) is 0 Å². The molecule has 0 bridgehead atoms. The number of amides is 1. The van der Waals surface area contributed by atoms with E-state index in [0.29, 0.717) is 13.0 Å². The smallest absolute Gasteiger partial charge is 0.323 e. The molecule has 0 spiro atoms. The second kappa shape index (κ2) is 7.27. The average Bonchev–Trinajstić information content (AvgIpc) is 2.44. The van der Waals surface area contributed by atoms with Gasteiger partial charge < -0.3 is 19.5 Å². The van der Waals surface area contributed by atoms with Gasteiger partial charge in [-0.1, -0.05) is 6.92 Å². The summed E-state index contributed by atoms with van der Waals surface area (Å²) in [5.41, 5.74) is 0.0206. The first kappa shape index (κ1) is 15.7. The Morgan fingerprint density at radius 3 is 2.20 bits per heavy atom. The summed E-state index contributed by atoms with van der Waals surface area (Å²) in [5, 5.41) is 8.87. The highest BCUT2D eigenvalue weighted by Gasteiger charge is 2.26. The number of carboxylic acid groups (broad SMARTS) is 1. The van der Waals surface area contributed by atoms with Crippen LogP contribution in [0.5, 0.6) is 11.8 Å². The molecule has 8 heteroatoms. The molecule has 0 unspecified atom stereocenters. The van der Waals surface area contributed by atoms with E-state index in [4.69, 9.17) is 14.6 Å². The van der Waals surface area contributed by atoms with Gasteiger partial charge in [-0.3, -0.25) is 9.59 Å². The standard InChI is InChI=1S/C12H17N3O5/c1-4-5-15(6-8(16)17)12(18)9-10(19-2)13-7-14-11(9)20-3/h7H,4-6H2,1-3H3,(H,16,17). The molecule has 1 aromatic heterocycles. The normalized spacial score (nSPS) is 9.95. The number of nitrogens with zero attached hydrogens (tertiary/aromatic N) is 3. The monoisotopic (exact) mass is 283 g/mol. The second-order valence-electron chi connectivity index (χ2n) is 3.89. The van der Waals surface area contributed by atoms with E-state index in [0.717, 1.165) is 0 Å². The molecule has 0 aliphatic rings. The van der Waals surface area contributed by atoms with Crippen LogP contribution in [0.1, 0.15) is 23.7 Å². The fraction of sp³-hybridized carbons (Fsp3) is 0.500. The topological polar surface area (TPSA) is 102 Å². The van der Waals surface area contributed by atoms with E-state index in [2.05, 4.69) is 9.97 Å². The van der Waals surface area contributed by atoms with Crippen LogP contribution in [0, 0.1) is 0 Å². The Labute approximate surface area is 116 Å². The van der Waals surface area contributed by atoms with Gasteiger partial charge in [0.25, 0.3) is 5.91 Å². The number of carbonyl (C=O) groups is 2. The van der Waals surface area contributed by atoms with Crippen LogP contribution in [0.3, 0.4) is 0 Å². The summed E-state index contributed by atoms with van der Waals surface area (Å²) in [7, 11) is 2.72. The molecule has 1 amide bonds. The molecular weight excluding hydrogens is 266 g/mol. The molecule has 1 heterocycles. The van der Waals surface area contributed by atoms with E-state index in [1.165, 1.54) is 25.4 Å². The molecule has 110 valence electrons. The Morgan fingerprint density at radius 1 is 1.25 bits per heavy atom. The third-order valence-corrected chi connectivity index (χ3v) is 2.49. The number of hydrogen-bond acceptors (Lipinski definition) is 6. The predicted molar refractivity (Wildman–Crippen MR) is 69.0 cm³/mol. The quantitative estimate of drug-likeness (QED) is 0.774. The van der Waals surface area contributed by atoms with Gasteiger partial charge in [0.05, 0.1) is 14.2 Å². The fourth-order valence-corrected chi connectivity index (χ4v) is 1.69. The Hall–Kier alpha value is -2.38. The largest absolute Gasteiger partial charge is 0.480 e. The van der Waals surface area contributed by atoms with E-state index in [-0.39, 0.29) is 17.3 Å². The zero-order valence-electron chi connectivity index (χ0n) is 11.6. The molecule has 0 aliphatic carbocycles. The molecule has 0 radical (unpaired) electrons. The van der Waals surface area contributed by atoms with Gasteiger partial charge in [0.15, 0.2) is 5.56 Å². The van der Waals surface area contributed by atoms with Crippen LogP contribution in [0.2, 0.25) is 0 Å². The highest BCUT2D eigenvalue weighted by molar-refractivity contribution is 5.99. The first-order valence-corrected chi connectivity index (χ1v) is 5.99. The molecule has 20 heavy (non-hydrogen) atoms. The Kier molecular flexibility index (Phi) is 5.70. The van der Waals surface area contributed by atoms with E-state index in [1.54, 1.807) is 0 Å². The maximum atomic E-state index is 12.5. The number of methoxy groups -OCH3 is 2. The molecule has 0 saturated heterocycles. The number of rotatable bonds is 7. The summed E-state index contributed by atoms with van der Waals surface area (Å²) < 4.78 is 10.0. The molecule has 0 fully saturated rings. The molecule has 0 aliphatic heterocycles. The number of aliphatic carboxylic acids is 1. The molecule has 1 aromatic rings. The highest BCUT2D eigenvalue weighted by Crippen LogP contribution is 2.25. The minimum atomic E-state index is -1.10. The van der Waals surface area contributed by atoms with Crippen LogP contribution in [-0.2, 0) is 4.79 Å². The molecule has 0 saturated carbocycles. The summed E-state index contributed by atoms with van der Waals surface area (Å²) in [6, 6.07) is 0. The van der Waals surface area contributed by atoms with Gasteiger partial charge in [0, 0.05) is 6.54 Å². The zero-order valence-corrected chi connectivity index (χ0v) is 11.6. The van der Waals surface area contributed by atoms with Crippen molar-refractivity contribution in [3.8, 4) is 11.8 Å². The van der Waals surface area contributed by atoms with Crippen LogP contribution >= 0.6 is 0 Å². The van der Waals surface area contributed by atoms with Gasteiger partial charge in [-0.15, -0.1) is 0 Å². The van der Waals surface area contributed by atoms with E-state index in [1.807, 2.05) is 6.92 Å². The number of hydrogen-bond donors (Lipinski definition) is 1. The maximum absolute atomic E-state index is 12.5. The fourth-order valence-electron chi connectivity index (χ4n) is 1.69. The van der Waals surface area contributed by atoms with Gasteiger partial charge in [-0.2, -0.15) is 0 Å². The van der Waals surface area contributed by atoms with E-state index < -0.39 is 18.4 Å². The van der Waals surface area contributed by atoms with Crippen molar-refractivity contribution in [1.82, 2.24) is 14.9 Å². The molecule has 1 N–H and O–H groups in total. The highest BCUT2D eigenvalue weighted by atomic mass is 16.5. The average molecular weight is 283 g/mol.